The Morgan fingerprint density at radius 3 is 2.71 bits per heavy atom. The van der Waals surface area contributed by atoms with Gasteiger partial charge in [0.05, 0.1) is 18.9 Å². The molecule has 0 spiro atoms. The van der Waals surface area contributed by atoms with Gasteiger partial charge in [0.15, 0.2) is 5.60 Å². The number of aromatic nitrogens is 1. The largest absolute Gasteiger partial charge is 0.380 e. The fourth-order valence-electron chi connectivity index (χ4n) is 2.41. The van der Waals surface area contributed by atoms with Gasteiger partial charge in [-0.25, -0.2) is 0 Å². The molecule has 7 heteroatoms. The van der Waals surface area contributed by atoms with Gasteiger partial charge in [0.1, 0.15) is 4.99 Å². The van der Waals surface area contributed by atoms with E-state index in [0.29, 0.717) is 11.5 Å². The number of hydrogen-bond donors (Lipinski definition) is 1. The molecule has 0 aliphatic carbocycles. The lowest BCUT2D eigenvalue weighted by Gasteiger charge is -2.38. The Hall–Kier alpha value is -0.790. The Morgan fingerprint density at radius 1 is 1.48 bits per heavy atom. The van der Waals surface area contributed by atoms with E-state index in [-0.39, 0.29) is 12.4 Å². The molecule has 2 heterocycles. The first-order chi connectivity index (χ1) is 9.73. The normalized spacial score (nSPS) is 18.4. The standard InChI is InChI=1S/C14H21N3O2S.ClH/c1-15-13(20)14(18-2,12-5-3-4-6-16-12)11-17-7-9-19-10-8-17;/h3-6H,7-11H2,1-2H3,(H,15,20);1H. The summed E-state index contributed by atoms with van der Waals surface area (Å²) < 4.78 is 11.2. The van der Waals surface area contributed by atoms with Gasteiger partial charge >= 0.3 is 0 Å². The van der Waals surface area contributed by atoms with E-state index in [1.165, 1.54) is 0 Å². The first-order valence-corrected chi connectivity index (χ1v) is 7.12. The highest BCUT2D eigenvalue weighted by atomic mass is 35.5. The summed E-state index contributed by atoms with van der Waals surface area (Å²) in [5.41, 5.74) is 0.108. The summed E-state index contributed by atoms with van der Waals surface area (Å²) in [5.74, 6) is 0. The number of pyridine rings is 1. The van der Waals surface area contributed by atoms with E-state index in [1.807, 2.05) is 25.2 Å². The van der Waals surface area contributed by atoms with Crippen LogP contribution in [-0.4, -0.2) is 61.9 Å². The molecule has 5 nitrogen and oxygen atoms in total. The molecule has 0 amide bonds. The number of halogens is 1. The average Bonchev–Trinajstić information content (AvgIpc) is 2.53. The molecule has 0 bridgehead atoms. The fraction of sp³-hybridized carbons (Fsp3) is 0.571. The summed E-state index contributed by atoms with van der Waals surface area (Å²) in [6.45, 7) is 3.92. The van der Waals surface area contributed by atoms with Crippen molar-refractivity contribution < 1.29 is 9.47 Å². The van der Waals surface area contributed by atoms with Crippen molar-refractivity contribution in [3.63, 3.8) is 0 Å². The van der Waals surface area contributed by atoms with E-state index >= 15 is 0 Å². The van der Waals surface area contributed by atoms with E-state index in [2.05, 4.69) is 15.2 Å². The van der Waals surface area contributed by atoms with Gasteiger partial charge in [0, 0.05) is 40.0 Å². The van der Waals surface area contributed by atoms with Crippen LogP contribution in [0.4, 0.5) is 0 Å². The molecule has 0 saturated carbocycles. The Balaban J connectivity index is 0.00000220. The van der Waals surface area contributed by atoms with Crippen LogP contribution < -0.4 is 5.32 Å². The van der Waals surface area contributed by atoms with Gasteiger partial charge in [0.25, 0.3) is 0 Å². The molecule has 1 fully saturated rings. The van der Waals surface area contributed by atoms with Crippen molar-refractivity contribution in [2.75, 3.05) is 47.0 Å². The molecule has 118 valence electrons. The van der Waals surface area contributed by atoms with Gasteiger partial charge in [-0.1, -0.05) is 18.3 Å². The molecule has 0 radical (unpaired) electrons. The van der Waals surface area contributed by atoms with Crippen LogP contribution in [-0.2, 0) is 15.1 Å². The second-order valence-electron chi connectivity index (χ2n) is 4.71. The predicted octanol–water partition coefficient (Wildman–Crippen LogP) is 1.22. The lowest BCUT2D eigenvalue weighted by Crippen LogP contribution is -2.53. The number of nitrogens with one attached hydrogen (secondary N) is 1. The summed E-state index contributed by atoms with van der Waals surface area (Å²) in [5, 5.41) is 3.05. The van der Waals surface area contributed by atoms with Crippen molar-refractivity contribution in [1.29, 1.82) is 0 Å². The number of ether oxygens (including phenoxy) is 2. The number of hydrogen-bond acceptors (Lipinski definition) is 5. The summed E-state index contributed by atoms with van der Waals surface area (Å²) in [4.78, 5) is 7.39. The first kappa shape index (κ1) is 18.3. The smallest absolute Gasteiger partial charge is 0.172 e. The molecule has 1 atom stereocenters. The van der Waals surface area contributed by atoms with Crippen molar-refractivity contribution in [3.8, 4) is 0 Å². The fourth-order valence-corrected chi connectivity index (χ4v) is 2.66. The van der Waals surface area contributed by atoms with Crippen LogP contribution in [0.15, 0.2) is 24.4 Å². The lowest BCUT2D eigenvalue weighted by molar-refractivity contribution is -0.0252. The van der Waals surface area contributed by atoms with E-state index in [1.54, 1.807) is 13.3 Å². The Kier molecular flexibility index (Phi) is 7.48. The van der Waals surface area contributed by atoms with Gasteiger partial charge in [-0.2, -0.15) is 0 Å². The maximum absolute atomic E-state index is 5.83. The zero-order valence-electron chi connectivity index (χ0n) is 12.4. The maximum atomic E-state index is 5.83. The molecule has 1 aliphatic heterocycles. The topological polar surface area (TPSA) is 46.6 Å². The number of likely N-dealkylation sites (N-methyl/N-ethyl adjacent to an activating group) is 1. The maximum Gasteiger partial charge on any atom is 0.172 e. The third-order valence-corrected chi connectivity index (χ3v) is 4.10. The molecular weight excluding hydrogens is 310 g/mol. The highest BCUT2D eigenvalue weighted by molar-refractivity contribution is 7.80. The van der Waals surface area contributed by atoms with Gasteiger partial charge in [-0.15, -0.1) is 12.4 Å². The molecule has 1 aromatic heterocycles. The number of thiocarbonyl (C=S) groups is 1. The van der Waals surface area contributed by atoms with Crippen LogP contribution in [0.5, 0.6) is 0 Å². The van der Waals surface area contributed by atoms with E-state index in [0.717, 1.165) is 32.0 Å². The minimum absolute atomic E-state index is 0. The molecule has 2 rings (SSSR count). The highest BCUT2D eigenvalue weighted by Crippen LogP contribution is 2.26. The van der Waals surface area contributed by atoms with Crippen molar-refractivity contribution >= 4 is 29.6 Å². The summed E-state index contributed by atoms with van der Waals surface area (Å²) in [6, 6.07) is 5.79. The molecule has 1 unspecified atom stereocenters. The zero-order valence-corrected chi connectivity index (χ0v) is 14.0. The summed E-state index contributed by atoms with van der Waals surface area (Å²) in [7, 11) is 3.50. The van der Waals surface area contributed by atoms with Gasteiger partial charge < -0.3 is 14.8 Å². The van der Waals surface area contributed by atoms with Gasteiger partial charge in [0.2, 0.25) is 0 Å². The van der Waals surface area contributed by atoms with Crippen LogP contribution in [0.2, 0.25) is 0 Å². The first-order valence-electron chi connectivity index (χ1n) is 6.72. The molecule has 1 N–H and O–H groups in total. The highest BCUT2D eigenvalue weighted by Gasteiger charge is 2.40. The van der Waals surface area contributed by atoms with Crippen molar-refractivity contribution in [2.45, 2.75) is 5.60 Å². The van der Waals surface area contributed by atoms with Crippen LogP contribution in [0.1, 0.15) is 5.69 Å². The van der Waals surface area contributed by atoms with E-state index in [4.69, 9.17) is 21.7 Å². The van der Waals surface area contributed by atoms with Gasteiger partial charge in [-0.3, -0.25) is 9.88 Å². The number of rotatable bonds is 5. The predicted molar refractivity (Wildman–Crippen MR) is 89.1 cm³/mol. The second-order valence-corrected chi connectivity index (χ2v) is 5.12. The van der Waals surface area contributed by atoms with Crippen LogP contribution in [0, 0.1) is 0 Å². The number of morpholine rings is 1. The molecule has 1 aromatic rings. The summed E-state index contributed by atoms with van der Waals surface area (Å²) >= 11 is 5.50. The minimum atomic E-state index is -0.720. The van der Waals surface area contributed by atoms with E-state index in [9.17, 15) is 0 Å². The van der Waals surface area contributed by atoms with Crippen molar-refractivity contribution in [2.24, 2.45) is 0 Å². The molecule has 0 aromatic carbocycles. The lowest BCUT2D eigenvalue weighted by atomic mass is 9.97. The van der Waals surface area contributed by atoms with Gasteiger partial charge in [-0.05, 0) is 12.1 Å². The molecule has 1 saturated heterocycles. The molecule has 1 aliphatic rings. The Bertz CT molecular complexity index is 443. The minimum Gasteiger partial charge on any atom is -0.380 e. The number of methoxy groups -OCH3 is 1. The molecular formula is C14H22ClN3O2S. The monoisotopic (exact) mass is 331 g/mol. The van der Waals surface area contributed by atoms with Crippen LogP contribution >= 0.6 is 24.6 Å². The average molecular weight is 332 g/mol. The Labute approximate surface area is 137 Å². The zero-order chi connectivity index (χ0) is 14.4. The molecule has 21 heavy (non-hydrogen) atoms. The van der Waals surface area contributed by atoms with E-state index < -0.39 is 5.60 Å². The number of nitrogens with zero attached hydrogens (tertiary/aromatic N) is 2. The second kappa shape index (κ2) is 8.60. The van der Waals surface area contributed by atoms with Crippen LogP contribution in [0.3, 0.4) is 0 Å². The van der Waals surface area contributed by atoms with Crippen molar-refractivity contribution in [1.82, 2.24) is 15.2 Å². The SMILES string of the molecule is CNC(=S)C(CN1CCOCC1)(OC)c1ccccn1.Cl. The summed E-state index contributed by atoms with van der Waals surface area (Å²) in [6.07, 6.45) is 1.76. The third-order valence-electron chi connectivity index (χ3n) is 3.57. The Morgan fingerprint density at radius 2 is 2.19 bits per heavy atom. The quantitative estimate of drug-likeness (QED) is 0.819. The third kappa shape index (κ3) is 4.11. The van der Waals surface area contributed by atoms with Crippen LogP contribution in [0.25, 0.3) is 0 Å². The van der Waals surface area contributed by atoms with Crippen molar-refractivity contribution in [3.05, 3.63) is 30.1 Å².